The van der Waals surface area contributed by atoms with Gasteiger partial charge in [-0.25, -0.2) is 4.79 Å². The summed E-state index contributed by atoms with van der Waals surface area (Å²) in [5, 5.41) is 13.9. The van der Waals surface area contributed by atoms with Gasteiger partial charge in [0.05, 0.1) is 24.9 Å². The Morgan fingerprint density at radius 2 is 2.04 bits per heavy atom. The van der Waals surface area contributed by atoms with E-state index >= 15 is 0 Å². The van der Waals surface area contributed by atoms with Gasteiger partial charge in [0.1, 0.15) is 11.9 Å². The van der Waals surface area contributed by atoms with Gasteiger partial charge >= 0.3 is 5.69 Å². The quantitative estimate of drug-likeness (QED) is 0.745. The first-order valence-electron chi connectivity index (χ1n) is 8.41. The van der Waals surface area contributed by atoms with Crippen LogP contribution in [0.1, 0.15) is 17.0 Å². The summed E-state index contributed by atoms with van der Waals surface area (Å²) in [5.41, 5.74) is 0.928. The Hall–Kier alpha value is -2.86. The number of hydrogen-bond donors (Lipinski definition) is 0. The van der Waals surface area contributed by atoms with E-state index in [9.17, 15) is 14.9 Å². The van der Waals surface area contributed by atoms with E-state index in [4.69, 9.17) is 4.74 Å². The van der Waals surface area contributed by atoms with Gasteiger partial charge in [0.15, 0.2) is 5.56 Å². The second-order valence-electron chi connectivity index (χ2n) is 6.56. The van der Waals surface area contributed by atoms with E-state index < -0.39 is 11.2 Å². The fourth-order valence-corrected chi connectivity index (χ4v) is 3.38. The number of morpholine rings is 1. The number of ether oxygens (including phenoxy) is 1. The van der Waals surface area contributed by atoms with Crippen LogP contribution in [0.25, 0.3) is 0 Å². The van der Waals surface area contributed by atoms with Crippen LogP contribution in [0.3, 0.4) is 0 Å². The van der Waals surface area contributed by atoms with Crippen LogP contribution in [0, 0.1) is 25.2 Å². The Kier molecular flexibility index (Phi) is 4.70. The zero-order valence-electron chi connectivity index (χ0n) is 15.4. The van der Waals surface area contributed by atoms with Crippen LogP contribution in [0.4, 0.5) is 5.82 Å². The maximum atomic E-state index is 12.3. The number of aryl methyl sites for hydroxylation is 2. The van der Waals surface area contributed by atoms with Crippen LogP contribution in [-0.2, 0) is 25.4 Å². The van der Waals surface area contributed by atoms with Gasteiger partial charge in [-0.15, -0.1) is 0 Å². The molecule has 3 rings (SSSR count). The molecule has 138 valence electrons. The Labute approximate surface area is 150 Å². The van der Waals surface area contributed by atoms with Crippen molar-refractivity contribution in [3.63, 3.8) is 0 Å². The van der Waals surface area contributed by atoms with Crippen molar-refractivity contribution in [3.05, 3.63) is 43.9 Å². The summed E-state index contributed by atoms with van der Waals surface area (Å²) in [5.74, 6) is 0.349. The SMILES string of the molecule is Cc1cc(C)n(CC2CN(c3c(C#N)c(=O)n(C)c(=O)n3C)CCO2)n1. The molecule has 0 saturated carbocycles. The van der Waals surface area contributed by atoms with E-state index in [0.29, 0.717) is 32.1 Å². The summed E-state index contributed by atoms with van der Waals surface area (Å²) in [4.78, 5) is 26.5. The molecule has 0 spiro atoms. The van der Waals surface area contributed by atoms with Crippen LogP contribution < -0.4 is 16.1 Å². The Balaban J connectivity index is 1.93. The second-order valence-corrected chi connectivity index (χ2v) is 6.56. The molecule has 0 amide bonds. The molecule has 1 atom stereocenters. The van der Waals surface area contributed by atoms with Crippen LogP contribution in [0.5, 0.6) is 0 Å². The molecule has 3 heterocycles. The third kappa shape index (κ3) is 3.04. The molecule has 0 N–H and O–H groups in total. The number of anilines is 1. The average molecular weight is 358 g/mol. The molecular formula is C17H22N6O3. The minimum atomic E-state index is -0.577. The largest absolute Gasteiger partial charge is 0.373 e. The molecule has 1 saturated heterocycles. The van der Waals surface area contributed by atoms with Crippen molar-refractivity contribution in [2.24, 2.45) is 14.1 Å². The smallest absolute Gasteiger partial charge is 0.332 e. The number of rotatable bonds is 3. The molecule has 2 aromatic rings. The van der Waals surface area contributed by atoms with Crippen molar-refractivity contribution in [2.75, 3.05) is 24.6 Å². The molecule has 0 aliphatic carbocycles. The predicted molar refractivity (Wildman–Crippen MR) is 95.3 cm³/mol. The number of nitriles is 1. The lowest BCUT2D eigenvalue weighted by atomic mass is 10.2. The van der Waals surface area contributed by atoms with Crippen molar-refractivity contribution in [2.45, 2.75) is 26.5 Å². The molecule has 1 aliphatic heterocycles. The van der Waals surface area contributed by atoms with Gasteiger partial charge in [0.2, 0.25) is 0 Å². The van der Waals surface area contributed by atoms with Crippen LogP contribution in [-0.4, -0.2) is 44.7 Å². The fraction of sp³-hybridized carbons (Fsp3) is 0.529. The Morgan fingerprint density at radius 3 is 2.65 bits per heavy atom. The van der Waals surface area contributed by atoms with E-state index in [0.717, 1.165) is 16.0 Å². The van der Waals surface area contributed by atoms with Crippen molar-refractivity contribution >= 4 is 5.82 Å². The topological polar surface area (TPSA) is 98.1 Å². The van der Waals surface area contributed by atoms with E-state index in [1.807, 2.05) is 35.6 Å². The van der Waals surface area contributed by atoms with Gasteiger partial charge in [-0.2, -0.15) is 10.4 Å². The predicted octanol–water partition coefficient (Wildman–Crippen LogP) is -0.326. The average Bonchev–Trinajstić information content (AvgIpc) is 2.93. The van der Waals surface area contributed by atoms with Gasteiger partial charge in [-0.3, -0.25) is 18.6 Å². The lowest BCUT2D eigenvalue weighted by molar-refractivity contribution is 0.0265. The Morgan fingerprint density at radius 1 is 1.31 bits per heavy atom. The molecule has 0 aromatic carbocycles. The molecule has 1 unspecified atom stereocenters. The van der Waals surface area contributed by atoms with Crippen molar-refractivity contribution < 1.29 is 4.74 Å². The summed E-state index contributed by atoms with van der Waals surface area (Å²) < 4.78 is 10.0. The monoisotopic (exact) mass is 358 g/mol. The zero-order chi connectivity index (χ0) is 19.0. The molecule has 1 fully saturated rings. The highest BCUT2D eigenvalue weighted by Crippen LogP contribution is 2.19. The first-order valence-corrected chi connectivity index (χ1v) is 8.41. The van der Waals surface area contributed by atoms with Gasteiger partial charge in [0, 0.05) is 32.9 Å². The first kappa shape index (κ1) is 17.9. The van der Waals surface area contributed by atoms with Gasteiger partial charge in [0.25, 0.3) is 5.56 Å². The van der Waals surface area contributed by atoms with Crippen LogP contribution >= 0.6 is 0 Å². The standard InChI is InChI=1S/C17H22N6O3/c1-11-7-12(2)23(19-11)10-13-9-22(5-6-26-13)15-14(8-18)16(24)21(4)17(25)20(15)3/h7,13H,5-6,9-10H2,1-4H3. The van der Waals surface area contributed by atoms with Crippen LogP contribution in [0.2, 0.25) is 0 Å². The highest BCUT2D eigenvalue weighted by Gasteiger charge is 2.27. The molecule has 26 heavy (non-hydrogen) atoms. The summed E-state index contributed by atoms with van der Waals surface area (Å²) in [6, 6.07) is 3.95. The molecule has 9 nitrogen and oxygen atoms in total. The maximum absolute atomic E-state index is 12.3. The highest BCUT2D eigenvalue weighted by atomic mass is 16.5. The minimum Gasteiger partial charge on any atom is -0.373 e. The highest BCUT2D eigenvalue weighted by molar-refractivity contribution is 5.53. The Bertz CT molecular complexity index is 994. The zero-order valence-corrected chi connectivity index (χ0v) is 15.4. The summed E-state index contributed by atoms with van der Waals surface area (Å²) in [6.07, 6.45) is -0.160. The van der Waals surface area contributed by atoms with Gasteiger partial charge in [-0.1, -0.05) is 0 Å². The van der Waals surface area contributed by atoms with E-state index in [2.05, 4.69) is 5.10 Å². The van der Waals surface area contributed by atoms with E-state index in [1.165, 1.54) is 11.6 Å². The molecular weight excluding hydrogens is 336 g/mol. The normalized spacial score (nSPS) is 17.3. The molecule has 2 aromatic heterocycles. The molecule has 1 aliphatic rings. The summed E-state index contributed by atoms with van der Waals surface area (Å²) >= 11 is 0. The number of hydrogen-bond acceptors (Lipinski definition) is 6. The van der Waals surface area contributed by atoms with E-state index in [1.54, 1.807) is 7.05 Å². The van der Waals surface area contributed by atoms with Crippen molar-refractivity contribution in [1.29, 1.82) is 5.26 Å². The third-order valence-electron chi connectivity index (χ3n) is 4.66. The van der Waals surface area contributed by atoms with Gasteiger partial charge in [-0.05, 0) is 19.9 Å². The van der Waals surface area contributed by atoms with Gasteiger partial charge < -0.3 is 9.64 Å². The van der Waals surface area contributed by atoms with Crippen molar-refractivity contribution in [1.82, 2.24) is 18.9 Å². The van der Waals surface area contributed by atoms with E-state index in [-0.39, 0.29) is 11.7 Å². The third-order valence-corrected chi connectivity index (χ3v) is 4.66. The first-order chi connectivity index (χ1) is 12.3. The lowest BCUT2D eigenvalue weighted by Crippen LogP contribution is -2.49. The number of aromatic nitrogens is 4. The van der Waals surface area contributed by atoms with Crippen LogP contribution in [0.15, 0.2) is 15.7 Å². The maximum Gasteiger partial charge on any atom is 0.332 e. The fourth-order valence-electron chi connectivity index (χ4n) is 3.38. The second kappa shape index (κ2) is 6.80. The summed E-state index contributed by atoms with van der Waals surface area (Å²) in [7, 11) is 2.95. The van der Waals surface area contributed by atoms with Crippen molar-refractivity contribution in [3.8, 4) is 6.07 Å². The minimum absolute atomic E-state index is 0.0265. The number of nitrogens with zero attached hydrogens (tertiary/aromatic N) is 6. The lowest BCUT2D eigenvalue weighted by Gasteiger charge is -2.35. The summed E-state index contributed by atoms with van der Waals surface area (Å²) in [6.45, 7) is 5.90. The molecule has 0 radical (unpaired) electrons. The molecule has 0 bridgehead atoms. The molecule has 9 heteroatoms.